The normalized spacial score (nSPS) is 17.1. The standard InChI is InChI=1S/C24H25ClN6O2/c25-18-12-16(24(32)31-11-5-4-8-19(31)15-6-2-1-3-7-15)9-10-17(18)14-33-20-13-21(26)27-23-22(20)28-30-29-23/h1-3,6-7,9-10,12-13,19,28,30H,4-5,8,11,14H2,(H3,26,27,29). The van der Waals surface area contributed by atoms with Crippen LogP contribution in [0.5, 0.6) is 5.75 Å². The van der Waals surface area contributed by atoms with Crippen LogP contribution < -0.4 is 26.9 Å². The fourth-order valence-electron chi connectivity index (χ4n) is 4.33. The van der Waals surface area contributed by atoms with Gasteiger partial charge >= 0.3 is 0 Å². The first-order valence-electron chi connectivity index (χ1n) is 10.9. The van der Waals surface area contributed by atoms with E-state index >= 15 is 0 Å². The number of piperidine rings is 1. The van der Waals surface area contributed by atoms with Crippen LogP contribution in [0.15, 0.2) is 54.6 Å². The zero-order valence-corrected chi connectivity index (χ0v) is 18.7. The zero-order chi connectivity index (χ0) is 22.8. The first-order valence-corrected chi connectivity index (χ1v) is 11.3. The van der Waals surface area contributed by atoms with Crippen LogP contribution in [0, 0.1) is 0 Å². The molecule has 2 aromatic carbocycles. The minimum absolute atomic E-state index is 0.000929. The van der Waals surface area contributed by atoms with E-state index in [1.54, 1.807) is 12.1 Å². The van der Waals surface area contributed by atoms with Crippen LogP contribution in [0.4, 0.5) is 17.3 Å². The Labute approximate surface area is 197 Å². The molecule has 3 aromatic rings. The molecule has 1 fully saturated rings. The number of carbonyl (C=O) groups excluding carboxylic acids is 1. The molecule has 1 aromatic heterocycles. The summed E-state index contributed by atoms with van der Waals surface area (Å²) in [7, 11) is 0. The van der Waals surface area contributed by atoms with E-state index < -0.39 is 0 Å². The molecule has 1 amide bonds. The van der Waals surface area contributed by atoms with Gasteiger partial charge in [0.05, 0.1) is 6.04 Å². The van der Waals surface area contributed by atoms with E-state index in [-0.39, 0.29) is 18.6 Å². The van der Waals surface area contributed by atoms with Gasteiger partial charge in [0.15, 0.2) is 11.6 Å². The van der Waals surface area contributed by atoms with E-state index in [1.807, 2.05) is 35.2 Å². The lowest BCUT2D eigenvalue weighted by molar-refractivity contribution is 0.0611. The van der Waals surface area contributed by atoms with Crippen LogP contribution in [-0.4, -0.2) is 22.3 Å². The third kappa shape index (κ3) is 4.40. The van der Waals surface area contributed by atoms with Gasteiger partial charge in [-0.25, -0.2) is 4.98 Å². The Morgan fingerprint density at radius 2 is 2.00 bits per heavy atom. The van der Waals surface area contributed by atoms with Crippen LogP contribution in [0.3, 0.4) is 0 Å². The molecule has 2 aliphatic rings. The third-order valence-corrected chi connectivity index (χ3v) is 6.35. The van der Waals surface area contributed by atoms with Crippen molar-refractivity contribution in [3.05, 3.63) is 76.3 Å². The molecular weight excluding hydrogens is 440 g/mol. The Morgan fingerprint density at radius 1 is 1.15 bits per heavy atom. The first-order chi connectivity index (χ1) is 16.1. The number of pyridine rings is 1. The van der Waals surface area contributed by atoms with Gasteiger partial charge < -0.3 is 15.4 Å². The summed E-state index contributed by atoms with van der Waals surface area (Å²) in [6.45, 7) is 0.964. The number of hydrogen-bond donors (Lipinski definition) is 4. The SMILES string of the molecule is Nc1cc(OCc2ccc(C(=O)N3CCCCC3c3ccccc3)cc2Cl)c2c(n1)NNN2. The molecule has 0 bridgehead atoms. The molecule has 0 radical (unpaired) electrons. The molecule has 5 N–H and O–H groups in total. The molecule has 8 nitrogen and oxygen atoms in total. The molecule has 0 saturated carbocycles. The number of rotatable bonds is 5. The lowest BCUT2D eigenvalue weighted by Gasteiger charge is -2.36. The monoisotopic (exact) mass is 464 g/mol. The van der Waals surface area contributed by atoms with Crippen molar-refractivity contribution in [3.63, 3.8) is 0 Å². The molecule has 2 aliphatic heterocycles. The summed E-state index contributed by atoms with van der Waals surface area (Å²) in [5.41, 5.74) is 17.6. The Kier molecular flexibility index (Phi) is 5.93. The largest absolute Gasteiger partial charge is 0.486 e. The number of hydrogen-bond acceptors (Lipinski definition) is 7. The van der Waals surface area contributed by atoms with Crippen molar-refractivity contribution >= 4 is 34.8 Å². The summed E-state index contributed by atoms with van der Waals surface area (Å²) in [5, 5.41) is 0.483. The number of carbonyl (C=O) groups is 1. The first kappa shape index (κ1) is 21.4. The van der Waals surface area contributed by atoms with E-state index in [0.717, 1.165) is 31.4 Å². The molecule has 5 rings (SSSR count). The predicted molar refractivity (Wildman–Crippen MR) is 129 cm³/mol. The minimum Gasteiger partial charge on any atom is -0.486 e. The highest BCUT2D eigenvalue weighted by atomic mass is 35.5. The number of nitrogen functional groups attached to an aromatic ring is 1. The van der Waals surface area contributed by atoms with Crippen molar-refractivity contribution in [1.82, 2.24) is 15.4 Å². The minimum atomic E-state index is -0.000929. The van der Waals surface area contributed by atoms with Gasteiger partial charge in [0.1, 0.15) is 18.1 Å². The van der Waals surface area contributed by atoms with Crippen molar-refractivity contribution in [2.45, 2.75) is 31.9 Å². The molecular formula is C24H25ClN6O2. The lowest BCUT2D eigenvalue weighted by Crippen LogP contribution is -2.38. The van der Waals surface area contributed by atoms with Gasteiger partial charge in [0.25, 0.3) is 5.91 Å². The quantitative estimate of drug-likeness (QED) is 0.440. The van der Waals surface area contributed by atoms with E-state index in [1.165, 1.54) is 5.56 Å². The van der Waals surface area contributed by atoms with E-state index in [0.29, 0.717) is 33.7 Å². The molecule has 170 valence electrons. The topological polar surface area (TPSA) is 105 Å². The zero-order valence-electron chi connectivity index (χ0n) is 18.0. The van der Waals surface area contributed by atoms with Gasteiger partial charge in [0.2, 0.25) is 0 Å². The van der Waals surface area contributed by atoms with Crippen molar-refractivity contribution in [3.8, 4) is 5.75 Å². The second-order valence-electron chi connectivity index (χ2n) is 8.16. The third-order valence-electron chi connectivity index (χ3n) is 6.00. The van der Waals surface area contributed by atoms with Crippen molar-refractivity contribution < 1.29 is 9.53 Å². The molecule has 1 saturated heterocycles. The number of fused-ring (bicyclic) bond motifs is 1. The second kappa shape index (κ2) is 9.17. The molecule has 9 heteroatoms. The number of ether oxygens (including phenoxy) is 1. The maximum Gasteiger partial charge on any atom is 0.254 e. The number of nitrogens with zero attached hydrogens (tertiary/aromatic N) is 2. The van der Waals surface area contributed by atoms with Crippen LogP contribution in [0.25, 0.3) is 0 Å². The summed E-state index contributed by atoms with van der Waals surface area (Å²) < 4.78 is 5.95. The van der Waals surface area contributed by atoms with Crippen molar-refractivity contribution in [2.24, 2.45) is 0 Å². The molecule has 1 atom stereocenters. The summed E-state index contributed by atoms with van der Waals surface area (Å²) >= 11 is 6.55. The van der Waals surface area contributed by atoms with Gasteiger partial charge in [-0.3, -0.25) is 15.6 Å². The highest BCUT2D eigenvalue weighted by Crippen LogP contribution is 2.36. The van der Waals surface area contributed by atoms with Gasteiger partial charge in [-0.2, -0.15) is 0 Å². The fraction of sp³-hybridized carbons (Fsp3) is 0.250. The Morgan fingerprint density at radius 3 is 2.82 bits per heavy atom. The average Bonchev–Trinajstić information content (AvgIpc) is 3.32. The average molecular weight is 465 g/mol. The molecule has 0 spiro atoms. The van der Waals surface area contributed by atoms with Crippen LogP contribution >= 0.6 is 11.6 Å². The van der Waals surface area contributed by atoms with E-state index in [4.69, 9.17) is 22.1 Å². The Hall–Kier alpha value is -3.49. The van der Waals surface area contributed by atoms with Crippen LogP contribution in [0.1, 0.15) is 46.8 Å². The van der Waals surface area contributed by atoms with Crippen molar-refractivity contribution in [1.29, 1.82) is 0 Å². The highest BCUT2D eigenvalue weighted by molar-refractivity contribution is 6.31. The number of likely N-dealkylation sites (tertiary alicyclic amines) is 1. The highest BCUT2D eigenvalue weighted by Gasteiger charge is 2.29. The van der Waals surface area contributed by atoms with Gasteiger partial charge in [-0.1, -0.05) is 48.0 Å². The Bertz CT molecular complexity index is 1170. The molecule has 33 heavy (non-hydrogen) atoms. The summed E-state index contributed by atoms with van der Waals surface area (Å²) in [5.74, 6) is 1.44. The maximum absolute atomic E-state index is 13.4. The molecule has 0 aliphatic carbocycles. The fourth-order valence-corrected chi connectivity index (χ4v) is 4.57. The number of amides is 1. The smallest absolute Gasteiger partial charge is 0.254 e. The van der Waals surface area contributed by atoms with Crippen LogP contribution in [-0.2, 0) is 6.61 Å². The van der Waals surface area contributed by atoms with Crippen molar-refractivity contribution in [2.75, 3.05) is 23.1 Å². The number of halogens is 1. The lowest BCUT2D eigenvalue weighted by atomic mass is 9.94. The Balaban J connectivity index is 1.32. The van der Waals surface area contributed by atoms with Crippen LogP contribution in [0.2, 0.25) is 5.02 Å². The number of nitrogens with one attached hydrogen (secondary N) is 3. The molecule has 3 heterocycles. The van der Waals surface area contributed by atoms with E-state index in [2.05, 4.69) is 33.5 Å². The van der Waals surface area contributed by atoms with Gasteiger partial charge in [-0.15, -0.1) is 5.53 Å². The van der Waals surface area contributed by atoms with E-state index in [9.17, 15) is 4.79 Å². The number of aromatic nitrogens is 1. The maximum atomic E-state index is 13.4. The number of anilines is 3. The van der Waals surface area contributed by atoms with Gasteiger partial charge in [0, 0.05) is 28.8 Å². The predicted octanol–water partition coefficient (Wildman–Crippen LogP) is 4.52. The second-order valence-corrected chi connectivity index (χ2v) is 8.57. The summed E-state index contributed by atoms with van der Waals surface area (Å²) in [6, 6.07) is 17.3. The summed E-state index contributed by atoms with van der Waals surface area (Å²) in [4.78, 5) is 19.5. The number of nitrogens with two attached hydrogens (primary N) is 1. The summed E-state index contributed by atoms with van der Waals surface area (Å²) in [6.07, 6.45) is 3.09. The van der Waals surface area contributed by atoms with Gasteiger partial charge in [-0.05, 0) is 37.0 Å². The number of hydrazine groups is 2. The molecule has 1 unspecified atom stereocenters. The number of benzene rings is 2.